The van der Waals surface area contributed by atoms with Crippen LogP contribution in [0, 0.1) is 11.3 Å². The molecule has 17 heavy (non-hydrogen) atoms. The standard InChI is InChI=1S/C14H22N2O/c1-10(2)14(5)6-7-15-12(8-14)9-16(11(3)4)13(15)17/h6-8,10-11H,9H2,1-5H3. The predicted molar refractivity (Wildman–Crippen MR) is 69.2 cm³/mol. The Hall–Kier alpha value is -1.25. The van der Waals surface area contributed by atoms with Crippen LogP contribution in [-0.2, 0) is 0 Å². The fraction of sp³-hybridized carbons (Fsp3) is 0.643. The van der Waals surface area contributed by atoms with Gasteiger partial charge in [0, 0.05) is 23.4 Å². The lowest BCUT2D eigenvalue weighted by molar-refractivity contribution is 0.192. The molecule has 0 bridgehead atoms. The zero-order chi connectivity index (χ0) is 12.8. The molecule has 2 rings (SSSR count). The van der Waals surface area contributed by atoms with Crippen molar-refractivity contribution in [3.63, 3.8) is 0 Å². The number of hydrogen-bond donors (Lipinski definition) is 0. The number of fused-ring (bicyclic) bond motifs is 1. The van der Waals surface area contributed by atoms with E-state index in [0.717, 1.165) is 12.2 Å². The lowest BCUT2D eigenvalue weighted by Crippen LogP contribution is -2.34. The second kappa shape index (κ2) is 3.90. The maximum absolute atomic E-state index is 12.1. The Balaban J connectivity index is 2.30. The summed E-state index contributed by atoms with van der Waals surface area (Å²) in [5.41, 5.74) is 1.20. The van der Waals surface area contributed by atoms with Crippen LogP contribution >= 0.6 is 0 Å². The van der Waals surface area contributed by atoms with Gasteiger partial charge in [-0.05, 0) is 19.8 Å². The molecule has 3 heteroatoms. The van der Waals surface area contributed by atoms with Crippen LogP contribution in [0.3, 0.4) is 0 Å². The van der Waals surface area contributed by atoms with Crippen molar-refractivity contribution in [2.45, 2.75) is 40.7 Å². The maximum atomic E-state index is 12.1. The van der Waals surface area contributed by atoms with Gasteiger partial charge in [0.1, 0.15) is 0 Å². The molecule has 1 fully saturated rings. The minimum atomic E-state index is 0.0686. The molecular weight excluding hydrogens is 212 g/mol. The van der Waals surface area contributed by atoms with Gasteiger partial charge in [-0.3, -0.25) is 4.90 Å². The minimum Gasteiger partial charge on any atom is -0.316 e. The molecule has 1 unspecified atom stereocenters. The largest absolute Gasteiger partial charge is 0.328 e. The first kappa shape index (κ1) is 12.2. The molecule has 94 valence electrons. The molecule has 0 spiro atoms. The van der Waals surface area contributed by atoms with Crippen LogP contribution in [0.1, 0.15) is 34.6 Å². The molecule has 3 nitrogen and oxygen atoms in total. The third-order valence-electron chi connectivity index (χ3n) is 4.02. The van der Waals surface area contributed by atoms with Gasteiger partial charge in [0.25, 0.3) is 0 Å². The lowest BCUT2D eigenvalue weighted by atomic mass is 9.77. The van der Waals surface area contributed by atoms with E-state index in [0.29, 0.717) is 5.92 Å². The molecule has 1 atom stereocenters. The van der Waals surface area contributed by atoms with Crippen molar-refractivity contribution in [3.05, 3.63) is 24.0 Å². The zero-order valence-corrected chi connectivity index (χ0v) is 11.4. The maximum Gasteiger partial charge on any atom is 0.328 e. The summed E-state index contributed by atoms with van der Waals surface area (Å²) in [6.07, 6.45) is 6.33. The third-order valence-corrected chi connectivity index (χ3v) is 4.02. The predicted octanol–water partition coefficient (Wildman–Crippen LogP) is 3.21. The van der Waals surface area contributed by atoms with Crippen LogP contribution in [0.25, 0.3) is 0 Å². The highest BCUT2D eigenvalue weighted by Crippen LogP contribution is 2.38. The smallest absolute Gasteiger partial charge is 0.316 e. The van der Waals surface area contributed by atoms with Crippen LogP contribution in [0.4, 0.5) is 4.79 Å². The summed E-state index contributed by atoms with van der Waals surface area (Å²) in [6, 6.07) is 0.362. The molecular formula is C14H22N2O. The molecule has 0 N–H and O–H groups in total. The molecule has 0 aromatic rings. The monoisotopic (exact) mass is 234 g/mol. The van der Waals surface area contributed by atoms with E-state index in [1.54, 1.807) is 4.90 Å². The van der Waals surface area contributed by atoms with Crippen molar-refractivity contribution in [3.8, 4) is 0 Å². The van der Waals surface area contributed by atoms with Gasteiger partial charge in [0.05, 0.1) is 6.54 Å². The Bertz CT molecular complexity index is 395. The summed E-state index contributed by atoms with van der Waals surface area (Å²) in [6.45, 7) is 11.5. The first-order valence-corrected chi connectivity index (χ1v) is 6.36. The molecule has 0 saturated carbocycles. The van der Waals surface area contributed by atoms with E-state index in [4.69, 9.17) is 0 Å². The zero-order valence-electron chi connectivity index (χ0n) is 11.4. The second-order valence-corrected chi connectivity index (χ2v) is 5.85. The Labute approximate surface area is 104 Å². The van der Waals surface area contributed by atoms with E-state index in [1.807, 2.05) is 11.1 Å². The van der Waals surface area contributed by atoms with Gasteiger partial charge < -0.3 is 4.90 Å². The van der Waals surface area contributed by atoms with Gasteiger partial charge in [0.2, 0.25) is 0 Å². The fourth-order valence-electron chi connectivity index (χ4n) is 2.26. The molecule has 2 amide bonds. The normalized spacial score (nSPS) is 28.2. The number of urea groups is 1. The van der Waals surface area contributed by atoms with Crippen molar-refractivity contribution >= 4 is 6.03 Å². The molecule has 0 radical (unpaired) electrons. The number of carbonyl (C=O) groups excluding carboxylic acids is 1. The van der Waals surface area contributed by atoms with E-state index < -0.39 is 0 Å². The average molecular weight is 234 g/mol. The first-order chi connectivity index (χ1) is 7.85. The van der Waals surface area contributed by atoms with Crippen molar-refractivity contribution in [1.82, 2.24) is 9.80 Å². The van der Waals surface area contributed by atoms with Gasteiger partial charge in [-0.2, -0.15) is 0 Å². The van der Waals surface area contributed by atoms with Gasteiger partial charge in [-0.1, -0.05) is 32.9 Å². The number of nitrogens with zero attached hydrogens (tertiary/aromatic N) is 2. The number of allylic oxidation sites excluding steroid dienone is 2. The van der Waals surface area contributed by atoms with E-state index in [9.17, 15) is 4.79 Å². The fourth-order valence-corrected chi connectivity index (χ4v) is 2.26. The van der Waals surface area contributed by atoms with Crippen LogP contribution in [0.15, 0.2) is 24.0 Å². The summed E-state index contributed by atoms with van der Waals surface area (Å²) in [5.74, 6) is 0.539. The van der Waals surface area contributed by atoms with E-state index in [1.165, 1.54) is 0 Å². The molecule has 0 aromatic heterocycles. The van der Waals surface area contributed by atoms with Gasteiger partial charge >= 0.3 is 6.03 Å². The van der Waals surface area contributed by atoms with E-state index >= 15 is 0 Å². The summed E-state index contributed by atoms with van der Waals surface area (Å²) < 4.78 is 0. The lowest BCUT2D eigenvalue weighted by Gasteiger charge is -2.32. The van der Waals surface area contributed by atoms with Crippen molar-refractivity contribution in [1.29, 1.82) is 0 Å². The number of amides is 2. The Morgan fingerprint density at radius 2 is 1.94 bits per heavy atom. The Kier molecular flexibility index (Phi) is 2.80. The van der Waals surface area contributed by atoms with Gasteiger partial charge in [0.15, 0.2) is 0 Å². The topological polar surface area (TPSA) is 23.6 Å². The highest BCUT2D eigenvalue weighted by molar-refractivity contribution is 5.81. The molecule has 0 aliphatic carbocycles. The van der Waals surface area contributed by atoms with E-state index in [-0.39, 0.29) is 17.5 Å². The highest BCUT2D eigenvalue weighted by atomic mass is 16.2. The number of carbonyl (C=O) groups is 1. The summed E-state index contributed by atoms with van der Waals surface area (Å²) >= 11 is 0. The minimum absolute atomic E-state index is 0.0686. The van der Waals surface area contributed by atoms with Crippen LogP contribution < -0.4 is 0 Å². The average Bonchev–Trinajstić information content (AvgIpc) is 2.55. The molecule has 1 saturated heterocycles. The van der Waals surface area contributed by atoms with Crippen molar-refractivity contribution in [2.75, 3.05) is 6.54 Å². The van der Waals surface area contributed by atoms with Gasteiger partial charge in [-0.15, -0.1) is 0 Å². The molecule has 0 aromatic carbocycles. The second-order valence-electron chi connectivity index (χ2n) is 5.85. The SMILES string of the molecule is CC(C)N1CC2=CC(C)(C(C)C)C=CN2C1=O. The third kappa shape index (κ3) is 1.88. The number of hydrogen-bond acceptors (Lipinski definition) is 1. The van der Waals surface area contributed by atoms with Crippen LogP contribution in [0.2, 0.25) is 0 Å². The van der Waals surface area contributed by atoms with Crippen molar-refractivity contribution < 1.29 is 4.79 Å². The quantitative estimate of drug-likeness (QED) is 0.719. The van der Waals surface area contributed by atoms with Crippen LogP contribution in [0.5, 0.6) is 0 Å². The molecule has 2 aliphatic rings. The summed E-state index contributed by atoms with van der Waals surface area (Å²) in [7, 11) is 0. The summed E-state index contributed by atoms with van der Waals surface area (Å²) in [5, 5.41) is 0. The van der Waals surface area contributed by atoms with Crippen LogP contribution in [-0.4, -0.2) is 28.4 Å². The van der Waals surface area contributed by atoms with E-state index in [2.05, 4.69) is 46.8 Å². The highest BCUT2D eigenvalue weighted by Gasteiger charge is 2.38. The van der Waals surface area contributed by atoms with Crippen molar-refractivity contribution in [2.24, 2.45) is 11.3 Å². The summed E-state index contributed by atoms with van der Waals surface area (Å²) in [4.78, 5) is 15.8. The molecule has 2 aliphatic heterocycles. The van der Waals surface area contributed by atoms with Gasteiger partial charge in [-0.25, -0.2) is 4.79 Å². The Morgan fingerprint density at radius 1 is 1.29 bits per heavy atom. The molecule has 2 heterocycles. The number of rotatable bonds is 2. The Morgan fingerprint density at radius 3 is 2.47 bits per heavy atom. The first-order valence-electron chi connectivity index (χ1n) is 6.36.